The molecule has 0 N–H and O–H groups in total. The standard InChI is InChI=1S/C26H25NO3/c1-2-29-25(28)26(18-17-23(27-26)24-14-9-19-30-24)22(21-12-7-4-8-13-21)16-15-20-10-5-3-6-11-20/h3-16,19,22H,2,17-18H2,1H3/b16-15+/t22-,26+/m1/s1. The van der Waals surface area contributed by atoms with Crippen molar-refractivity contribution in [2.24, 2.45) is 4.99 Å². The van der Waals surface area contributed by atoms with E-state index in [1.54, 1.807) is 6.26 Å². The Labute approximate surface area is 176 Å². The summed E-state index contributed by atoms with van der Waals surface area (Å²) in [6.07, 6.45) is 7.00. The first kappa shape index (κ1) is 19.9. The zero-order chi connectivity index (χ0) is 20.8. The van der Waals surface area contributed by atoms with E-state index in [0.29, 0.717) is 25.2 Å². The zero-order valence-electron chi connectivity index (χ0n) is 17.0. The second-order valence-corrected chi connectivity index (χ2v) is 7.34. The van der Waals surface area contributed by atoms with Gasteiger partial charge in [-0.1, -0.05) is 72.8 Å². The highest BCUT2D eigenvalue weighted by Crippen LogP contribution is 2.43. The van der Waals surface area contributed by atoms with Crippen molar-refractivity contribution >= 4 is 17.8 Å². The lowest BCUT2D eigenvalue weighted by molar-refractivity contribution is -0.150. The van der Waals surface area contributed by atoms with Crippen LogP contribution in [0.4, 0.5) is 0 Å². The number of benzene rings is 2. The van der Waals surface area contributed by atoms with Crippen LogP contribution in [-0.4, -0.2) is 23.8 Å². The van der Waals surface area contributed by atoms with Crippen molar-refractivity contribution in [3.8, 4) is 0 Å². The van der Waals surface area contributed by atoms with Gasteiger partial charge in [0.25, 0.3) is 0 Å². The molecule has 0 fully saturated rings. The third kappa shape index (κ3) is 3.99. The summed E-state index contributed by atoms with van der Waals surface area (Å²) < 4.78 is 11.1. The Morgan fingerprint density at radius 1 is 1.10 bits per heavy atom. The highest BCUT2D eigenvalue weighted by Gasteiger charge is 2.50. The summed E-state index contributed by atoms with van der Waals surface area (Å²) in [6, 6.07) is 23.8. The van der Waals surface area contributed by atoms with E-state index in [0.717, 1.165) is 16.8 Å². The van der Waals surface area contributed by atoms with Crippen LogP contribution in [0.15, 0.2) is 94.5 Å². The van der Waals surface area contributed by atoms with Crippen LogP contribution in [0.25, 0.3) is 6.08 Å². The van der Waals surface area contributed by atoms with Crippen molar-refractivity contribution in [1.82, 2.24) is 0 Å². The Morgan fingerprint density at radius 2 is 1.83 bits per heavy atom. The summed E-state index contributed by atoms with van der Waals surface area (Å²) in [5.41, 5.74) is 1.89. The van der Waals surface area contributed by atoms with Crippen LogP contribution in [0.5, 0.6) is 0 Å². The zero-order valence-corrected chi connectivity index (χ0v) is 17.0. The molecule has 0 aliphatic carbocycles. The van der Waals surface area contributed by atoms with Gasteiger partial charge in [0.1, 0.15) is 5.76 Å². The Hall–Kier alpha value is -3.40. The van der Waals surface area contributed by atoms with Crippen molar-refractivity contribution in [1.29, 1.82) is 0 Å². The number of esters is 1. The van der Waals surface area contributed by atoms with Crippen molar-refractivity contribution in [3.05, 3.63) is 102 Å². The number of furan rings is 1. The first-order valence-corrected chi connectivity index (χ1v) is 10.3. The molecule has 4 rings (SSSR count). The molecule has 4 heteroatoms. The topological polar surface area (TPSA) is 51.8 Å². The Morgan fingerprint density at radius 3 is 2.50 bits per heavy atom. The van der Waals surface area contributed by atoms with E-state index in [1.807, 2.05) is 79.7 Å². The van der Waals surface area contributed by atoms with Crippen LogP contribution in [0.3, 0.4) is 0 Å². The SMILES string of the molecule is CCOC(=O)[C@@]1([C@H](/C=C/c2ccccc2)c2ccccc2)CCC(c2ccco2)=N1. The minimum Gasteiger partial charge on any atom is -0.464 e. The number of nitrogens with zero attached hydrogens (tertiary/aromatic N) is 1. The minimum absolute atomic E-state index is 0.259. The fourth-order valence-electron chi connectivity index (χ4n) is 4.02. The second-order valence-electron chi connectivity index (χ2n) is 7.34. The molecule has 0 saturated heterocycles. The number of hydrogen-bond acceptors (Lipinski definition) is 4. The van der Waals surface area contributed by atoms with Crippen LogP contribution in [0, 0.1) is 0 Å². The molecule has 0 spiro atoms. The van der Waals surface area contributed by atoms with Gasteiger partial charge in [0.15, 0.2) is 5.54 Å². The normalized spacial score (nSPS) is 19.6. The predicted molar refractivity (Wildman–Crippen MR) is 119 cm³/mol. The molecule has 1 aromatic heterocycles. The van der Waals surface area contributed by atoms with Gasteiger partial charge in [-0.2, -0.15) is 0 Å². The van der Waals surface area contributed by atoms with Crippen LogP contribution < -0.4 is 0 Å². The molecule has 0 amide bonds. The highest BCUT2D eigenvalue weighted by molar-refractivity contribution is 6.03. The monoisotopic (exact) mass is 399 g/mol. The molecule has 0 bridgehead atoms. The number of carbonyl (C=O) groups excluding carboxylic acids is 1. The van der Waals surface area contributed by atoms with E-state index >= 15 is 0 Å². The van der Waals surface area contributed by atoms with Crippen molar-refractivity contribution in [2.45, 2.75) is 31.2 Å². The van der Waals surface area contributed by atoms with Crippen LogP contribution in [-0.2, 0) is 9.53 Å². The Kier molecular flexibility index (Phi) is 5.94. The van der Waals surface area contributed by atoms with E-state index in [1.165, 1.54) is 0 Å². The van der Waals surface area contributed by atoms with Gasteiger partial charge in [-0.25, -0.2) is 4.79 Å². The molecule has 2 aromatic carbocycles. The lowest BCUT2D eigenvalue weighted by Crippen LogP contribution is -2.42. The molecule has 152 valence electrons. The lowest BCUT2D eigenvalue weighted by atomic mass is 9.77. The molecule has 2 atom stereocenters. The predicted octanol–water partition coefficient (Wildman–Crippen LogP) is 5.66. The smallest absolute Gasteiger partial charge is 0.335 e. The summed E-state index contributed by atoms with van der Waals surface area (Å²) >= 11 is 0. The maximum Gasteiger partial charge on any atom is 0.335 e. The number of rotatable bonds is 7. The summed E-state index contributed by atoms with van der Waals surface area (Å²) in [6.45, 7) is 2.14. The summed E-state index contributed by atoms with van der Waals surface area (Å²) in [5.74, 6) is 0.156. The third-order valence-corrected chi connectivity index (χ3v) is 5.47. The fraction of sp³-hybridized carbons (Fsp3) is 0.231. The van der Waals surface area contributed by atoms with Crippen LogP contribution in [0.1, 0.15) is 42.6 Å². The molecular formula is C26H25NO3. The largest absolute Gasteiger partial charge is 0.464 e. The molecule has 3 aromatic rings. The lowest BCUT2D eigenvalue weighted by Gasteiger charge is -2.31. The average molecular weight is 399 g/mol. The number of hydrogen-bond donors (Lipinski definition) is 0. The van der Waals surface area contributed by atoms with E-state index in [9.17, 15) is 4.79 Å². The van der Waals surface area contributed by atoms with Gasteiger partial charge in [-0.3, -0.25) is 4.99 Å². The van der Waals surface area contributed by atoms with Crippen molar-refractivity contribution < 1.29 is 13.9 Å². The first-order chi connectivity index (χ1) is 14.7. The minimum atomic E-state index is -1.02. The van der Waals surface area contributed by atoms with Crippen molar-refractivity contribution in [3.63, 3.8) is 0 Å². The third-order valence-electron chi connectivity index (χ3n) is 5.47. The molecule has 2 heterocycles. The van der Waals surface area contributed by atoms with Gasteiger partial charge in [-0.05, 0) is 43.0 Å². The second kappa shape index (κ2) is 8.95. The molecule has 1 aliphatic heterocycles. The summed E-state index contributed by atoms with van der Waals surface area (Å²) in [7, 11) is 0. The highest BCUT2D eigenvalue weighted by atomic mass is 16.5. The van der Waals surface area contributed by atoms with Gasteiger partial charge in [0, 0.05) is 5.92 Å². The average Bonchev–Trinajstić information content (AvgIpc) is 3.47. The van der Waals surface area contributed by atoms with Crippen LogP contribution in [0.2, 0.25) is 0 Å². The quantitative estimate of drug-likeness (QED) is 0.482. The van der Waals surface area contributed by atoms with E-state index < -0.39 is 5.54 Å². The summed E-state index contributed by atoms with van der Waals surface area (Å²) in [4.78, 5) is 18.3. The molecule has 0 radical (unpaired) electrons. The summed E-state index contributed by atoms with van der Waals surface area (Å²) in [5, 5.41) is 0. The van der Waals surface area contributed by atoms with E-state index in [-0.39, 0.29) is 11.9 Å². The van der Waals surface area contributed by atoms with Crippen LogP contribution >= 0.6 is 0 Å². The van der Waals surface area contributed by atoms with Gasteiger partial charge in [0.05, 0.1) is 18.6 Å². The maximum absolute atomic E-state index is 13.3. The van der Waals surface area contributed by atoms with E-state index in [4.69, 9.17) is 14.1 Å². The first-order valence-electron chi connectivity index (χ1n) is 10.3. The molecule has 0 unspecified atom stereocenters. The number of ether oxygens (including phenoxy) is 1. The Bertz CT molecular complexity index is 1020. The van der Waals surface area contributed by atoms with Gasteiger partial charge in [-0.15, -0.1) is 0 Å². The van der Waals surface area contributed by atoms with Gasteiger partial charge >= 0.3 is 5.97 Å². The molecule has 30 heavy (non-hydrogen) atoms. The van der Waals surface area contributed by atoms with Gasteiger partial charge in [0.2, 0.25) is 0 Å². The van der Waals surface area contributed by atoms with Crippen molar-refractivity contribution in [2.75, 3.05) is 6.61 Å². The number of carbonyl (C=O) groups is 1. The Balaban J connectivity index is 1.81. The molecular weight excluding hydrogens is 374 g/mol. The number of aliphatic imine (C=N–C) groups is 1. The molecule has 4 nitrogen and oxygen atoms in total. The van der Waals surface area contributed by atoms with Gasteiger partial charge < -0.3 is 9.15 Å². The maximum atomic E-state index is 13.3. The molecule has 1 aliphatic rings. The van der Waals surface area contributed by atoms with E-state index in [2.05, 4.69) is 12.2 Å². The molecule has 0 saturated carbocycles. The fourth-order valence-corrected chi connectivity index (χ4v) is 4.02.